The molecule has 0 spiro atoms. The van der Waals surface area contributed by atoms with Crippen LogP contribution in [0.5, 0.6) is 0 Å². The van der Waals surface area contributed by atoms with Crippen molar-refractivity contribution in [1.82, 2.24) is 0 Å². The van der Waals surface area contributed by atoms with Crippen LogP contribution in [0.1, 0.15) is 33.1 Å². The molecule has 2 rings (SSSR count). The molecule has 2 saturated carbocycles. The van der Waals surface area contributed by atoms with Gasteiger partial charge >= 0.3 is 0 Å². The summed E-state index contributed by atoms with van der Waals surface area (Å²) in [5, 5.41) is 0. The monoisotopic (exact) mass is 280 g/mol. The van der Waals surface area contributed by atoms with Crippen molar-refractivity contribution in [3.8, 4) is 0 Å². The van der Waals surface area contributed by atoms with E-state index in [0.29, 0.717) is 20.5 Å². The highest BCUT2D eigenvalue weighted by atomic mass is 79.9. The van der Waals surface area contributed by atoms with Gasteiger partial charge in [0.2, 0.25) is 0 Å². The fraction of sp³-hybridized carbons (Fsp3) is 1.00. The van der Waals surface area contributed by atoms with Crippen molar-refractivity contribution < 1.29 is 0 Å². The maximum absolute atomic E-state index is 3.73. The van der Waals surface area contributed by atoms with E-state index < -0.39 is 0 Å². The molecule has 0 aromatic rings. The Kier molecular flexibility index (Phi) is 1.75. The molecule has 0 N–H and O–H groups in total. The summed E-state index contributed by atoms with van der Waals surface area (Å²) in [6.45, 7) is 4.86. The first-order valence-electron chi connectivity index (χ1n) is 4.25. The van der Waals surface area contributed by atoms with E-state index in [2.05, 4.69) is 45.7 Å². The molecule has 0 aromatic carbocycles. The molecule has 0 saturated heterocycles. The summed E-state index contributed by atoms with van der Waals surface area (Å²) in [5.74, 6) is 0. The molecule has 0 aromatic heterocycles. The molecule has 64 valence electrons. The van der Waals surface area contributed by atoms with Crippen LogP contribution in [0.3, 0.4) is 0 Å². The van der Waals surface area contributed by atoms with Gasteiger partial charge in [-0.25, -0.2) is 0 Å². The van der Waals surface area contributed by atoms with Gasteiger partial charge in [-0.3, -0.25) is 0 Å². The lowest BCUT2D eigenvalue weighted by atomic mass is 9.82. The summed E-state index contributed by atoms with van der Waals surface area (Å²) in [7, 11) is 0. The van der Waals surface area contributed by atoms with E-state index in [0.717, 1.165) is 0 Å². The fourth-order valence-corrected chi connectivity index (χ4v) is 4.37. The van der Waals surface area contributed by atoms with Gasteiger partial charge in [-0.15, -0.1) is 0 Å². The van der Waals surface area contributed by atoms with Crippen molar-refractivity contribution in [3.05, 3.63) is 0 Å². The van der Waals surface area contributed by atoms with E-state index in [1.807, 2.05) is 0 Å². The van der Waals surface area contributed by atoms with Crippen LogP contribution < -0.4 is 0 Å². The molecule has 0 radical (unpaired) electrons. The van der Waals surface area contributed by atoms with Crippen LogP contribution in [0, 0.1) is 10.8 Å². The molecular formula is C9H14Br2. The first kappa shape index (κ1) is 8.55. The second-order valence-corrected chi connectivity index (χ2v) is 7.09. The van der Waals surface area contributed by atoms with Gasteiger partial charge in [0.25, 0.3) is 0 Å². The topological polar surface area (TPSA) is 0 Å². The minimum atomic E-state index is 0.658. The SMILES string of the molecule is CC12C[C@H](Br)[C@@H](Br)CC1(C)C2. The molecular weight excluding hydrogens is 268 g/mol. The van der Waals surface area contributed by atoms with Crippen LogP contribution in [0.4, 0.5) is 0 Å². The molecule has 2 heteroatoms. The summed E-state index contributed by atoms with van der Waals surface area (Å²) >= 11 is 7.47. The number of hydrogen-bond acceptors (Lipinski definition) is 0. The van der Waals surface area contributed by atoms with Crippen molar-refractivity contribution in [1.29, 1.82) is 0 Å². The van der Waals surface area contributed by atoms with Crippen LogP contribution in [0.15, 0.2) is 0 Å². The Hall–Kier alpha value is 0.960. The van der Waals surface area contributed by atoms with Crippen molar-refractivity contribution >= 4 is 31.9 Å². The zero-order valence-electron chi connectivity index (χ0n) is 7.03. The molecule has 0 amide bonds. The summed E-state index contributed by atoms with van der Waals surface area (Å²) in [6.07, 6.45) is 4.13. The number of halogens is 2. The lowest BCUT2D eigenvalue weighted by Gasteiger charge is -2.32. The lowest BCUT2D eigenvalue weighted by molar-refractivity contribution is 0.294. The molecule has 2 fully saturated rings. The smallest absolute Gasteiger partial charge is 0.0276 e. The minimum absolute atomic E-state index is 0.658. The predicted octanol–water partition coefficient (Wildman–Crippen LogP) is 3.72. The average molecular weight is 282 g/mol. The molecule has 0 heterocycles. The van der Waals surface area contributed by atoms with E-state index in [4.69, 9.17) is 0 Å². The average Bonchev–Trinajstić information content (AvgIpc) is 2.33. The van der Waals surface area contributed by atoms with Crippen LogP contribution >= 0.6 is 31.9 Å². The van der Waals surface area contributed by atoms with Gasteiger partial charge in [-0.1, -0.05) is 45.7 Å². The highest BCUT2D eigenvalue weighted by Crippen LogP contribution is 2.72. The first-order chi connectivity index (χ1) is 4.97. The molecule has 2 unspecified atom stereocenters. The highest BCUT2D eigenvalue weighted by molar-refractivity contribution is 9.12. The van der Waals surface area contributed by atoms with Crippen LogP contribution in [-0.2, 0) is 0 Å². The van der Waals surface area contributed by atoms with Crippen LogP contribution in [-0.4, -0.2) is 9.65 Å². The molecule has 4 atom stereocenters. The number of rotatable bonds is 0. The molecule has 0 nitrogen and oxygen atoms in total. The fourth-order valence-electron chi connectivity index (χ4n) is 2.57. The normalized spacial score (nSPS) is 62.2. The third-order valence-corrected chi connectivity index (χ3v) is 6.43. The van der Waals surface area contributed by atoms with Gasteiger partial charge in [0.15, 0.2) is 0 Å². The Morgan fingerprint density at radius 3 is 1.73 bits per heavy atom. The van der Waals surface area contributed by atoms with Crippen LogP contribution in [0.2, 0.25) is 0 Å². The molecule has 2 aliphatic carbocycles. The Morgan fingerprint density at radius 1 is 1.00 bits per heavy atom. The first-order valence-corrected chi connectivity index (χ1v) is 6.08. The van der Waals surface area contributed by atoms with E-state index >= 15 is 0 Å². The second kappa shape index (κ2) is 2.25. The second-order valence-electron chi connectivity index (χ2n) is 4.74. The van der Waals surface area contributed by atoms with Crippen molar-refractivity contribution in [3.63, 3.8) is 0 Å². The zero-order chi connectivity index (χ0) is 8.28. The van der Waals surface area contributed by atoms with Gasteiger partial charge in [-0.2, -0.15) is 0 Å². The standard InChI is InChI=1S/C9H14Br2/c1-8-3-6(10)7(11)4-9(8,2)5-8/h6-7H,3-5H2,1-2H3/t6-,7-,8?,9?/m0/s1. The molecule has 11 heavy (non-hydrogen) atoms. The Labute approximate surface area is 85.4 Å². The number of fused-ring (bicyclic) bond motifs is 1. The summed E-state index contributed by atoms with van der Waals surface area (Å²) < 4.78 is 0. The maximum atomic E-state index is 3.73. The van der Waals surface area contributed by atoms with E-state index in [1.165, 1.54) is 19.3 Å². The molecule has 0 bridgehead atoms. The van der Waals surface area contributed by atoms with Crippen molar-refractivity contribution in [2.75, 3.05) is 0 Å². The van der Waals surface area contributed by atoms with Crippen LogP contribution in [0.25, 0.3) is 0 Å². The van der Waals surface area contributed by atoms with Crippen molar-refractivity contribution in [2.45, 2.75) is 42.8 Å². The summed E-state index contributed by atoms with van der Waals surface area (Å²) in [4.78, 5) is 1.39. The quantitative estimate of drug-likeness (QED) is 0.594. The van der Waals surface area contributed by atoms with Gasteiger partial charge < -0.3 is 0 Å². The highest BCUT2D eigenvalue weighted by Gasteiger charge is 2.64. The van der Waals surface area contributed by atoms with Gasteiger partial charge in [0, 0.05) is 9.65 Å². The largest absolute Gasteiger partial charge is 0.0878 e. The van der Waals surface area contributed by atoms with E-state index in [9.17, 15) is 0 Å². The zero-order valence-corrected chi connectivity index (χ0v) is 10.2. The predicted molar refractivity (Wildman–Crippen MR) is 55.5 cm³/mol. The number of hydrogen-bond donors (Lipinski definition) is 0. The summed E-state index contributed by atoms with van der Waals surface area (Å²) in [6, 6.07) is 0. The van der Waals surface area contributed by atoms with E-state index in [-0.39, 0.29) is 0 Å². The Bertz CT molecular complexity index is 172. The van der Waals surface area contributed by atoms with Gasteiger partial charge in [0.1, 0.15) is 0 Å². The molecule has 0 aliphatic heterocycles. The lowest BCUT2D eigenvalue weighted by Crippen LogP contribution is -2.29. The van der Waals surface area contributed by atoms with Gasteiger partial charge in [-0.05, 0) is 30.1 Å². The van der Waals surface area contributed by atoms with Gasteiger partial charge in [0.05, 0.1) is 0 Å². The Morgan fingerprint density at radius 2 is 1.36 bits per heavy atom. The van der Waals surface area contributed by atoms with E-state index in [1.54, 1.807) is 0 Å². The maximum Gasteiger partial charge on any atom is 0.0276 e. The third kappa shape index (κ3) is 1.13. The summed E-state index contributed by atoms with van der Waals surface area (Å²) in [5.41, 5.74) is 1.32. The molecule has 2 aliphatic rings. The third-order valence-electron chi connectivity index (χ3n) is 3.80. The Balaban J connectivity index is 2.15. The number of alkyl halides is 2. The van der Waals surface area contributed by atoms with Crippen molar-refractivity contribution in [2.24, 2.45) is 10.8 Å². The minimum Gasteiger partial charge on any atom is -0.0878 e.